The molecule has 5 heteroatoms. The number of hydrogen-bond donors (Lipinski definition) is 1. The lowest BCUT2D eigenvalue weighted by molar-refractivity contribution is 0.402. The molecule has 1 unspecified atom stereocenters. The van der Waals surface area contributed by atoms with Gasteiger partial charge in [0.15, 0.2) is 0 Å². The molecule has 0 aromatic carbocycles. The number of sulfonamides is 1. The number of hydrogen-bond acceptors (Lipinski definition) is 3. The first-order valence-electron chi connectivity index (χ1n) is 5.79. The molecular formula is C10H20N2O2S. The topological polar surface area (TPSA) is 49.4 Å². The van der Waals surface area contributed by atoms with E-state index in [0.717, 1.165) is 19.0 Å². The molecule has 1 heterocycles. The van der Waals surface area contributed by atoms with Crippen LogP contribution in [-0.4, -0.2) is 44.2 Å². The van der Waals surface area contributed by atoms with Crippen molar-refractivity contribution in [3.63, 3.8) is 0 Å². The van der Waals surface area contributed by atoms with Gasteiger partial charge in [-0.1, -0.05) is 6.92 Å². The maximum atomic E-state index is 11.6. The lowest BCUT2D eigenvalue weighted by Crippen LogP contribution is -2.29. The van der Waals surface area contributed by atoms with Gasteiger partial charge in [-0.15, -0.1) is 0 Å². The van der Waals surface area contributed by atoms with Gasteiger partial charge < -0.3 is 5.32 Å². The fourth-order valence-corrected chi connectivity index (χ4v) is 3.98. The monoisotopic (exact) mass is 232 g/mol. The summed E-state index contributed by atoms with van der Waals surface area (Å²) in [6.45, 7) is 4.35. The zero-order valence-corrected chi connectivity index (χ0v) is 10.1. The first kappa shape index (κ1) is 11.4. The van der Waals surface area contributed by atoms with Gasteiger partial charge in [0.05, 0.1) is 5.75 Å². The van der Waals surface area contributed by atoms with E-state index in [0.29, 0.717) is 24.8 Å². The molecule has 2 rings (SSSR count). The number of rotatable bonds is 5. The highest BCUT2D eigenvalue weighted by Gasteiger charge is 2.32. The Balaban J connectivity index is 1.69. The Morgan fingerprint density at radius 3 is 2.67 bits per heavy atom. The average molecular weight is 232 g/mol. The highest BCUT2D eigenvalue weighted by Crippen LogP contribution is 2.20. The van der Waals surface area contributed by atoms with Crippen molar-refractivity contribution in [1.29, 1.82) is 0 Å². The van der Waals surface area contributed by atoms with Crippen LogP contribution in [0.1, 0.15) is 26.2 Å². The average Bonchev–Trinajstić information content (AvgIpc) is 2.88. The highest BCUT2D eigenvalue weighted by atomic mass is 32.2. The molecule has 0 bridgehead atoms. The molecule has 2 fully saturated rings. The fraction of sp³-hybridized carbons (Fsp3) is 1.00. The molecule has 88 valence electrons. The summed E-state index contributed by atoms with van der Waals surface area (Å²) in [6.07, 6.45) is 3.51. The van der Waals surface area contributed by atoms with Crippen molar-refractivity contribution in [2.24, 2.45) is 5.92 Å². The third-order valence-electron chi connectivity index (χ3n) is 3.00. The minimum Gasteiger partial charge on any atom is -0.314 e. The van der Waals surface area contributed by atoms with Gasteiger partial charge in [-0.05, 0) is 31.7 Å². The van der Waals surface area contributed by atoms with Crippen molar-refractivity contribution in [2.45, 2.75) is 32.2 Å². The normalized spacial score (nSPS) is 30.9. The molecule has 4 nitrogen and oxygen atoms in total. The van der Waals surface area contributed by atoms with Gasteiger partial charge in [0, 0.05) is 19.1 Å². The molecule has 1 atom stereocenters. The Kier molecular flexibility index (Phi) is 3.33. The molecule has 15 heavy (non-hydrogen) atoms. The fourth-order valence-electron chi connectivity index (χ4n) is 2.06. The first-order valence-corrected chi connectivity index (χ1v) is 7.40. The lowest BCUT2D eigenvalue weighted by Gasteiger charge is -2.14. The summed E-state index contributed by atoms with van der Waals surface area (Å²) in [5.74, 6) is 0.634. The van der Waals surface area contributed by atoms with E-state index in [2.05, 4.69) is 5.32 Å². The van der Waals surface area contributed by atoms with Crippen molar-refractivity contribution in [2.75, 3.05) is 25.4 Å². The van der Waals surface area contributed by atoms with Gasteiger partial charge in [-0.25, -0.2) is 12.7 Å². The van der Waals surface area contributed by atoms with E-state index >= 15 is 0 Å². The maximum Gasteiger partial charge on any atom is 0.214 e. The van der Waals surface area contributed by atoms with E-state index in [9.17, 15) is 8.42 Å². The summed E-state index contributed by atoms with van der Waals surface area (Å²) in [4.78, 5) is 0. The van der Waals surface area contributed by atoms with Gasteiger partial charge in [-0.3, -0.25) is 0 Å². The van der Waals surface area contributed by atoms with Gasteiger partial charge in [-0.2, -0.15) is 0 Å². The summed E-state index contributed by atoms with van der Waals surface area (Å²) >= 11 is 0. The van der Waals surface area contributed by atoms with Crippen LogP contribution in [0.25, 0.3) is 0 Å². The molecule has 1 N–H and O–H groups in total. The van der Waals surface area contributed by atoms with Gasteiger partial charge in [0.1, 0.15) is 0 Å². The van der Waals surface area contributed by atoms with E-state index in [1.807, 2.05) is 6.92 Å². The summed E-state index contributed by atoms with van der Waals surface area (Å²) in [5, 5.41) is 3.40. The number of nitrogens with zero attached hydrogens (tertiary/aromatic N) is 1. The quantitative estimate of drug-likeness (QED) is 0.699. The SMILES string of the molecule is CC1CN(CCCNC2CC2)S(=O)(=O)C1. The van der Waals surface area contributed by atoms with Crippen molar-refractivity contribution < 1.29 is 8.42 Å². The van der Waals surface area contributed by atoms with E-state index in [4.69, 9.17) is 0 Å². The molecule has 1 saturated carbocycles. The third-order valence-corrected chi connectivity index (χ3v) is 5.11. The third kappa shape index (κ3) is 3.16. The highest BCUT2D eigenvalue weighted by molar-refractivity contribution is 7.89. The van der Waals surface area contributed by atoms with Crippen LogP contribution in [0.15, 0.2) is 0 Å². The molecule has 1 aliphatic carbocycles. The predicted molar refractivity (Wildman–Crippen MR) is 60.2 cm³/mol. The summed E-state index contributed by atoms with van der Waals surface area (Å²) < 4.78 is 24.9. The molecule has 0 radical (unpaired) electrons. The van der Waals surface area contributed by atoms with E-state index in [1.165, 1.54) is 12.8 Å². The first-order chi connectivity index (χ1) is 7.08. The molecular weight excluding hydrogens is 212 g/mol. The van der Waals surface area contributed by atoms with Crippen LogP contribution in [0.3, 0.4) is 0 Å². The van der Waals surface area contributed by atoms with Crippen LogP contribution in [-0.2, 0) is 10.0 Å². The molecule has 1 aliphatic heterocycles. The second kappa shape index (κ2) is 4.39. The standard InChI is InChI=1S/C10H20N2O2S/c1-9-7-12(15(13,14)8-9)6-2-5-11-10-3-4-10/h9-11H,2-8H2,1H3. The minimum absolute atomic E-state index is 0.298. The zero-order valence-electron chi connectivity index (χ0n) is 9.28. The molecule has 2 aliphatic rings. The Morgan fingerprint density at radius 2 is 2.13 bits per heavy atom. The molecule has 0 amide bonds. The van der Waals surface area contributed by atoms with Crippen LogP contribution in [0, 0.1) is 5.92 Å². The van der Waals surface area contributed by atoms with Crippen LogP contribution >= 0.6 is 0 Å². The van der Waals surface area contributed by atoms with Crippen molar-refractivity contribution in [3.8, 4) is 0 Å². The zero-order chi connectivity index (χ0) is 10.9. The van der Waals surface area contributed by atoms with Crippen molar-refractivity contribution in [1.82, 2.24) is 9.62 Å². The molecule has 0 spiro atoms. The van der Waals surface area contributed by atoms with Crippen LogP contribution in [0.2, 0.25) is 0 Å². The second-order valence-electron chi connectivity index (χ2n) is 4.82. The van der Waals surface area contributed by atoms with Crippen LogP contribution in [0.4, 0.5) is 0 Å². The maximum absolute atomic E-state index is 11.6. The molecule has 1 saturated heterocycles. The smallest absolute Gasteiger partial charge is 0.214 e. The van der Waals surface area contributed by atoms with Gasteiger partial charge >= 0.3 is 0 Å². The molecule has 0 aromatic rings. The summed E-state index contributed by atoms with van der Waals surface area (Å²) in [7, 11) is -2.92. The second-order valence-corrected chi connectivity index (χ2v) is 6.84. The molecule has 0 aromatic heterocycles. The van der Waals surface area contributed by atoms with Crippen molar-refractivity contribution >= 4 is 10.0 Å². The Morgan fingerprint density at radius 1 is 1.40 bits per heavy atom. The van der Waals surface area contributed by atoms with Gasteiger partial charge in [0.25, 0.3) is 0 Å². The minimum atomic E-state index is -2.92. The van der Waals surface area contributed by atoms with Crippen LogP contribution in [0.5, 0.6) is 0 Å². The summed E-state index contributed by atoms with van der Waals surface area (Å²) in [5.41, 5.74) is 0. The predicted octanol–water partition coefficient (Wildman–Crippen LogP) is 0.410. The number of nitrogens with one attached hydrogen (secondary N) is 1. The van der Waals surface area contributed by atoms with Gasteiger partial charge in [0.2, 0.25) is 10.0 Å². The van der Waals surface area contributed by atoms with Crippen molar-refractivity contribution in [3.05, 3.63) is 0 Å². The van der Waals surface area contributed by atoms with E-state index in [-0.39, 0.29) is 0 Å². The van der Waals surface area contributed by atoms with E-state index in [1.54, 1.807) is 4.31 Å². The lowest BCUT2D eigenvalue weighted by atomic mass is 10.2. The van der Waals surface area contributed by atoms with Crippen LogP contribution < -0.4 is 5.32 Å². The Labute approximate surface area is 92.1 Å². The Bertz CT molecular complexity index is 311. The Hall–Kier alpha value is -0.130. The largest absolute Gasteiger partial charge is 0.314 e. The van der Waals surface area contributed by atoms with E-state index < -0.39 is 10.0 Å². The summed E-state index contributed by atoms with van der Waals surface area (Å²) in [6, 6.07) is 0.721.